The van der Waals surface area contributed by atoms with E-state index in [0.29, 0.717) is 71.2 Å². The minimum atomic E-state index is -0.741. The van der Waals surface area contributed by atoms with Gasteiger partial charge in [-0.1, -0.05) is 29.8 Å². The van der Waals surface area contributed by atoms with Crippen molar-refractivity contribution in [1.82, 2.24) is 10.2 Å². The Morgan fingerprint density at radius 2 is 1.55 bits per heavy atom. The third-order valence-corrected chi connectivity index (χ3v) is 7.76. The number of halogens is 2. The second-order valence-electron chi connectivity index (χ2n) is 10.0. The Bertz CT molecular complexity index is 1330. The van der Waals surface area contributed by atoms with Gasteiger partial charge in [-0.2, -0.15) is 0 Å². The number of carbonyl (C=O) groups excluding carboxylic acids is 3. The lowest BCUT2D eigenvalue weighted by Gasteiger charge is -2.32. The van der Waals surface area contributed by atoms with Crippen molar-refractivity contribution in [2.24, 2.45) is 5.92 Å². The van der Waals surface area contributed by atoms with Crippen LogP contribution in [0.1, 0.15) is 55.5 Å². The molecule has 1 atom stereocenters. The van der Waals surface area contributed by atoms with Crippen molar-refractivity contribution in [3.05, 3.63) is 93.0 Å². The predicted octanol–water partition coefficient (Wildman–Crippen LogP) is 5.42. The SMILES string of the molecule is CCOC(=O)C1=C(C)NC(C)=C(C(=O)OCCN2CCC(C(=O)c3ccc(F)cc3)CC2)C1c1ccccc1Cl. The average Bonchev–Trinajstić information content (AvgIpc) is 2.93. The first-order valence-corrected chi connectivity index (χ1v) is 13.9. The minimum Gasteiger partial charge on any atom is -0.463 e. The van der Waals surface area contributed by atoms with Crippen LogP contribution in [-0.2, 0) is 19.1 Å². The monoisotopic (exact) mass is 568 g/mol. The molecule has 0 aromatic heterocycles. The largest absolute Gasteiger partial charge is 0.463 e. The van der Waals surface area contributed by atoms with E-state index in [9.17, 15) is 18.8 Å². The fourth-order valence-electron chi connectivity index (χ4n) is 5.38. The van der Waals surface area contributed by atoms with Crippen molar-refractivity contribution in [3.63, 3.8) is 0 Å². The number of ether oxygens (including phenoxy) is 2. The maximum Gasteiger partial charge on any atom is 0.336 e. The first-order valence-electron chi connectivity index (χ1n) is 13.5. The Labute approximate surface area is 239 Å². The number of nitrogens with zero attached hydrogens (tertiary/aromatic N) is 1. The number of allylic oxidation sites excluding steroid dienone is 2. The molecule has 0 amide bonds. The molecule has 1 saturated heterocycles. The third-order valence-electron chi connectivity index (χ3n) is 7.42. The van der Waals surface area contributed by atoms with Crippen LogP contribution in [0.2, 0.25) is 5.02 Å². The molecule has 0 radical (unpaired) electrons. The smallest absolute Gasteiger partial charge is 0.336 e. The van der Waals surface area contributed by atoms with Crippen LogP contribution in [0.4, 0.5) is 4.39 Å². The lowest BCUT2D eigenvalue weighted by Crippen LogP contribution is -2.39. The van der Waals surface area contributed by atoms with Gasteiger partial charge in [0.25, 0.3) is 0 Å². The normalized spacial score (nSPS) is 18.4. The molecule has 40 heavy (non-hydrogen) atoms. The number of hydrogen-bond acceptors (Lipinski definition) is 7. The summed E-state index contributed by atoms with van der Waals surface area (Å²) in [4.78, 5) is 41.4. The van der Waals surface area contributed by atoms with Crippen LogP contribution in [0, 0.1) is 11.7 Å². The summed E-state index contributed by atoms with van der Waals surface area (Å²) >= 11 is 6.54. The van der Waals surface area contributed by atoms with E-state index in [1.54, 1.807) is 39.0 Å². The van der Waals surface area contributed by atoms with Gasteiger partial charge >= 0.3 is 11.9 Å². The Hall–Kier alpha value is -3.49. The summed E-state index contributed by atoms with van der Waals surface area (Å²) in [5.74, 6) is -2.24. The second-order valence-corrected chi connectivity index (χ2v) is 10.4. The molecule has 9 heteroatoms. The van der Waals surface area contributed by atoms with Crippen LogP contribution in [0.5, 0.6) is 0 Å². The van der Waals surface area contributed by atoms with Gasteiger partial charge in [-0.25, -0.2) is 14.0 Å². The molecular formula is C31H34ClFN2O5. The van der Waals surface area contributed by atoms with Crippen LogP contribution in [0.25, 0.3) is 0 Å². The molecule has 4 rings (SSSR count). The van der Waals surface area contributed by atoms with E-state index in [1.165, 1.54) is 24.3 Å². The van der Waals surface area contributed by atoms with E-state index < -0.39 is 17.9 Å². The van der Waals surface area contributed by atoms with E-state index in [0.717, 1.165) is 0 Å². The molecule has 0 aliphatic carbocycles. The second kappa shape index (κ2) is 13.2. The van der Waals surface area contributed by atoms with E-state index in [1.807, 2.05) is 6.07 Å². The first-order chi connectivity index (χ1) is 19.2. The zero-order valence-electron chi connectivity index (χ0n) is 23.0. The maximum absolute atomic E-state index is 13.5. The first kappa shape index (κ1) is 29.5. The molecule has 212 valence electrons. The topological polar surface area (TPSA) is 84.9 Å². The molecule has 0 spiro atoms. The molecule has 1 N–H and O–H groups in total. The highest BCUT2D eigenvalue weighted by molar-refractivity contribution is 6.31. The number of Topliss-reactive ketones (excluding diaryl/α,β-unsaturated/α-hetero) is 1. The van der Waals surface area contributed by atoms with Gasteiger partial charge in [-0.3, -0.25) is 9.69 Å². The number of rotatable bonds is 9. The predicted molar refractivity (Wildman–Crippen MR) is 150 cm³/mol. The van der Waals surface area contributed by atoms with E-state index in [-0.39, 0.29) is 30.7 Å². The number of hydrogen-bond donors (Lipinski definition) is 1. The standard InChI is InChI=1S/C31H34ClFN2O5/c1-4-39-30(37)26-19(2)34-20(3)27(28(26)24-7-5-6-8-25(24)32)31(38)40-18-17-35-15-13-22(14-16-35)29(36)21-9-11-23(33)12-10-21/h5-12,22,28,34H,4,13-18H2,1-3H3. The van der Waals surface area contributed by atoms with E-state index in [2.05, 4.69) is 10.2 Å². The summed E-state index contributed by atoms with van der Waals surface area (Å²) in [6.07, 6.45) is 1.36. The molecule has 2 aliphatic rings. The van der Waals surface area contributed by atoms with Crippen LogP contribution in [0.3, 0.4) is 0 Å². The molecule has 2 aromatic carbocycles. The highest BCUT2D eigenvalue weighted by atomic mass is 35.5. The highest BCUT2D eigenvalue weighted by Gasteiger charge is 2.39. The van der Waals surface area contributed by atoms with Gasteiger partial charge < -0.3 is 14.8 Å². The van der Waals surface area contributed by atoms with Gasteiger partial charge in [-0.05, 0) is 82.6 Å². The molecule has 1 unspecified atom stereocenters. The van der Waals surface area contributed by atoms with Crippen LogP contribution < -0.4 is 5.32 Å². The summed E-state index contributed by atoms with van der Waals surface area (Å²) in [6.45, 7) is 7.51. The number of ketones is 1. The average molecular weight is 569 g/mol. The zero-order chi connectivity index (χ0) is 28.8. The lowest BCUT2D eigenvalue weighted by molar-refractivity contribution is -0.140. The summed E-state index contributed by atoms with van der Waals surface area (Å²) in [5, 5.41) is 3.57. The number of carbonyl (C=O) groups is 3. The zero-order valence-corrected chi connectivity index (χ0v) is 23.7. The van der Waals surface area contributed by atoms with Crippen molar-refractivity contribution >= 4 is 29.3 Å². The van der Waals surface area contributed by atoms with Crippen molar-refractivity contribution in [3.8, 4) is 0 Å². The van der Waals surface area contributed by atoms with Gasteiger partial charge in [-0.15, -0.1) is 0 Å². The van der Waals surface area contributed by atoms with Gasteiger partial charge in [0.15, 0.2) is 5.78 Å². The van der Waals surface area contributed by atoms with Crippen LogP contribution in [-0.4, -0.2) is 55.5 Å². The Kier molecular flexibility index (Phi) is 9.76. The fraction of sp³-hybridized carbons (Fsp3) is 0.387. The lowest BCUT2D eigenvalue weighted by atomic mass is 9.80. The van der Waals surface area contributed by atoms with Crippen molar-refractivity contribution in [2.75, 3.05) is 32.8 Å². The van der Waals surface area contributed by atoms with Gasteiger partial charge in [0.05, 0.1) is 23.7 Å². The Morgan fingerprint density at radius 3 is 2.15 bits per heavy atom. The van der Waals surface area contributed by atoms with Crippen LogP contribution >= 0.6 is 11.6 Å². The Balaban J connectivity index is 1.40. The minimum absolute atomic E-state index is 0.0321. The number of nitrogens with one attached hydrogen (secondary N) is 1. The molecule has 0 saturated carbocycles. The number of dihydropyridines is 1. The fourth-order valence-corrected chi connectivity index (χ4v) is 5.62. The van der Waals surface area contributed by atoms with Crippen molar-refractivity contribution in [1.29, 1.82) is 0 Å². The molecule has 2 aliphatic heterocycles. The number of benzene rings is 2. The number of likely N-dealkylation sites (tertiary alicyclic amines) is 1. The molecule has 7 nitrogen and oxygen atoms in total. The van der Waals surface area contributed by atoms with Crippen molar-refractivity contribution in [2.45, 2.75) is 39.5 Å². The quantitative estimate of drug-likeness (QED) is 0.319. The maximum atomic E-state index is 13.5. The molecule has 1 fully saturated rings. The molecule has 0 bridgehead atoms. The summed E-state index contributed by atoms with van der Waals surface area (Å²) in [6, 6.07) is 12.8. The molecule has 2 heterocycles. The number of esters is 2. The van der Waals surface area contributed by atoms with Crippen LogP contribution in [0.15, 0.2) is 71.1 Å². The number of piperidine rings is 1. The van der Waals surface area contributed by atoms with E-state index >= 15 is 0 Å². The Morgan fingerprint density at radius 1 is 0.950 bits per heavy atom. The van der Waals surface area contributed by atoms with Gasteiger partial charge in [0.2, 0.25) is 0 Å². The molecule has 2 aromatic rings. The highest BCUT2D eigenvalue weighted by Crippen LogP contribution is 2.41. The van der Waals surface area contributed by atoms with Gasteiger partial charge in [0.1, 0.15) is 12.4 Å². The third kappa shape index (κ3) is 6.62. The summed E-state index contributed by atoms with van der Waals surface area (Å²) in [5.41, 5.74) is 2.95. The van der Waals surface area contributed by atoms with Crippen molar-refractivity contribution < 1.29 is 28.2 Å². The summed E-state index contributed by atoms with van der Waals surface area (Å²) < 4.78 is 24.2. The molecular weight excluding hydrogens is 535 g/mol. The van der Waals surface area contributed by atoms with Gasteiger partial charge in [0, 0.05) is 34.4 Å². The summed E-state index contributed by atoms with van der Waals surface area (Å²) in [7, 11) is 0. The van der Waals surface area contributed by atoms with E-state index in [4.69, 9.17) is 21.1 Å².